The molecule has 0 spiro atoms. The molecule has 1 aromatic heterocycles. The van der Waals surface area contributed by atoms with Crippen molar-refractivity contribution in [3.63, 3.8) is 0 Å². The van der Waals surface area contributed by atoms with Crippen LogP contribution >= 0.6 is 0 Å². The summed E-state index contributed by atoms with van der Waals surface area (Å²) >= 11 is 0. The number of rotatable bonds is 6. The zero-order chi connectivity index (χ0) is 21.8. The van der Waals surface area contributed by atoms with E-state index in [0.717, 1.165) is 16.7 Å². The molecule has 160 valence electrons. The summed E-state index contributed by atoms with van der Waals surface area (Å²) in [5, 5.41) is 3.98. The van der Waals surface area contributed by atoms with Crippen LogP contribution < -0.4 is 14.2 Å². The number of methoxy groups -OCH3 is 3. The summed E-state index contributed by atoms with van der Waals surface area (Å²) in [6, 6.07) is 14.9. The predicted molar refractivity (Wildman–Crippen MR) is 117 cm³/mol. The highest BCUT2D eigenvalue weighted by Crippen LogP contribution is 2.41. The molecule has 0 N–H and O–H groups in total. The zero-order valence-electron chi connectivity index (χ0n) is 17.8. The summed E-state index contributed by atoms with van der Waals surface area (Å²) in [5.74, 6) is 2.42. The van der Waals surface area contributed by atoms with Gasteiger partial charge >= 0.3 is 0 Å². The van der Waals surface area contributed by atoms with Crippen LogP contribution in [0.4, 0.5) is 0 Å². The number of amides is 1. The van der Waals surface area contributed by atoms with Crippen LogP contribution in [-0.4, -0.2) is 50.4 Å². The lowest BCUT2D eigenvalue weighted by Crippen LogP contribution is -2.34. The summed E-state index contributed by atoms with van der Waals surface area (Å²) in [7, 11) is 4.84. The molecule has 0 atom stereocenters. The Balaban J connectivity index is 1.54. The van der Waals surface area contributed by atoms with Gasteiger partial charge in [-0.05, 0) is 12.0 Å². The topological polar surface area (TPSA) is 74.0 Å². The molecule has 1 aliphatic rings. The first-order chi connectivity index (χ1) is 15.1. The number of carbonyl (C=O) groups is 1. The maximum Gasteiger partial charge on any atom is 0.276 e. The number of carbonyl (C=O) groups excluding carboxylic acids is 1. The molecular formula is C24H24N2O5. The van der Waals surface area contributed by atoms with Gasteiger partial charge in [-0.25, -0.2) is 0 Å². The minimum Gasteiger partial charge on any atom is -0.496 e. The molecule has 2 heterocycles. The second-order valence-corrected chi connectivity index (χ2v) is 7.08. The largest absolute Gasteiger partial charge is 0.496 e. The Morgan fingerprint density at radius 3 is 2.29 bits per heavy atom. The smallest absolute Gasteiger partial charge is 0.276 e. The molecule has 0 bridgehead atoms. The average Bonchev–Trinajstić information content (AvgIpc) is 3.33. The summed E-state index contributed by atoms with van der Waals surface area (Å²) in [4.78, 5) is 14.7. The molecule has 31 heavy (non-hydrogen) atoms. The maximum absolute atomic E-state index is 12.9. The minimum absolute atomic E-state index is 0.158. The van der Waals surface area contributed by atoms with Crippen molar-refractivity contribution >= 4 is 11.5 Å². The second kappa shape index (κ2) is 8.95. The first-order valence-corrected chi connectivity index (χ1v) is 9.95. The van der Waals surface area contributed by atoms with Crippen molar-refractivity contribution in [2.75, 3.05) is 34.4 Å². The number of aromatic nitrogens is 1. The molecule has 2 aromatic carbocycles. The van der Waals surface area contributed by atoms with Crippen molar-refractivity contribution < 1.29 is 23.5 Å². The van der Waals surface area contributed by atoms with Crippen LogP contribution in [0.15, 0.2) is 59.1 Å². The van der Waals surface area contributed by atoms with Gasteiger partial charge in [0.2, 0.25) is 0 Å². The van der Waals surface area contributed by atoms with Crippen LogP contribution in [0.3, 0.4) is 0 Å². The van der Waals surface area contributed by atoms with E-state index in [9.17, 15) is 4.79 Å². The van der Waals surface area contributed by atoms with Gasteiger partial charge in [-0.1, -0.05) is 41.6 Å². The van der Waals surface area contributed by atoms with E-state index in [2.05, 4.69) is 5.16 Å². The molecule has 0 saturated heterocycles. The van der Waals surface area contributed by atoms with E-state index >= 15 is 0 Å². The molecule has 0 fully saturated rings. The van der Waals surface area contributed by atoms with Crippen LogP contribution in [0, 0.1) is 0 Å². The Labute approximate surface area is 180 Å². The number of ether oxygens (including phenoxy) is 3. The van der Waals surface area contributed by atoms with Crippen LogP contribution in [0.1, 0.15) is 22.5 Å². The standard InChI is InChI=1S/C24H24N2O5/c1-28-18-13-21(29-2)23(22(14-18)30-3)17-9-11-26(12-10-17)24(27)19-15-20(31-25-19)16-7-5-4-6-8-16/h4-9,13-15H,10-12H2,1-3H3. The van der Waals surface area contributed by atoms with E-state index < -0.39 is 0 Å². The monoisotopic (exact) mass is 420 g/mol. The second-order valence-electron chi connectivity index (χ2n) is 7.08. The highest BCUT2D eigenvalue weighted by atomic mass is 16.5. The lowest BCUT2D eigenvalue weighted by atomic mass is 9.97. The zero-order valence-corrected chi connectivity index (χ0v) is 17.8. The molecule has 1 amide bonds. The quantitative estimate of drug-likeness (QED) is 0.592. The van der Waals surface area contributed by atoms with Crippen molar-refractivity contribution in [3.05, 3.63) is 65.9 Å². The molecule has 1 aliphatic heterocycles. The molecular weight excluding hydrogens is 396 g/mol. The van der Waals surface area contributed by atoms with Gasteiger partial charge in [0.15, 0.2) is 11.5 Å². The van der Waals surface area contributed by atoms with Crippen LogP contribution in [0.25, 0.3) is 16.9 Å². The number of hydrogen-bond donors (Lipinski definition) is 0. The first kappa shape index (κ1) is 20.5. The van der Waals surface area contributed by atoms with E-state index in [1.54, 1.807) is 32.3 Å². The van der Waals surface area contributed by atoms with Crippen molar-refractivity contribution in [3.8, 4) is 28.6 Å². The third kappa shape index (κ3) is 4.12. The summed E-state index contributed by atoms with van der Waals surface area (Å²) in [5.41, 5.74) is 3.13. The highest BCUT2D eigenvalue weighted by molar-refractivity contribution is 5.94. The molecule has 0 unspecified atom stereocenters. The fourth-order valence-electron chi connectivity index (χ4n) is 3.68. The summed E-state index contributed by atoms with van der Waals surface area (Å²) < 4.78 is 21.8. The Bertz CT molecular complexity index is 1080. The van der Waals surface area contributed by atoms with Gasteiger partial charge in [0, 0.05) is 36.9 Å². The number of benzene rings is 2. The van der Waals surface area contributed by atoms with Gasteiger partial charge in [0.1, 0.15) is 17.2 Å². The number of nitrogens with zero attached hydrogens (tertiary/aromatic N) is 2. The molecule has 3 aromatic rings. The van der Waals surface area contributed by atoms with E-state index in [4.69, 9.17) is 18.7 Å². The molecule has 0 saturated carbocycles. The lowest BCUT2D eigenvalue weighted by molar-refractivity contribution is 0.0762. The minimum atomic E-state index is -0.158. The predicted octanol–water partition coefficient (Wildman–Crippen LogP) is 4.30. The molecule has 7 heteroatoms. The molecule has 0 aliphatic carbocycles. The van der Waals surface area contributed by atoms with Crippen molar-refractivity contribution in [1.82, 2.24) is 10.1 Å². The molecule has 0 radical (unpaired) electrons. The van der Waals surface area contributed by atoms with Crippen molar-refractivity contribution in [1.29, 1.82) is 0 Å². The fourth-order valence-corrected chi connectivity index (χ4v) is 3.68. The Kier molecular flexibility index (Phi) is 5.93. The third-order valence-electron chi connectivity index (χ3n) is 5.32. The van der Waals surface area contributed by atoms with E-state index in [1.165, 1.54) is 0 Å². The molecule has 7 nitrogen and oxygen atoms in total. The van der Waals surface area contributed by atoms with Crippen LogP contribution in [-0.2, 0) is 0 Å². The fraction of sp³-hybridized carbons (Fsp3) is 0.250. The van der Waals surface area contributed by atoms with Gasteiger partial charge in [0.05, 0.1) is 26.9 Å². The number of hydrogen-bond acceptors (Lipinski definition) is 6. The van der Waals surface area contributed by atoms with Gasteiger partial charge in [-0.2, -0.15) is 0 Å². The maximum atomic E-state index is 12.9. The average molecular weight is 420 g/mol. The van der Waals surface area contributed by atoms with Gasteiger partial charge in [-0.15, -0.1) is 0 Å². The van der Waals surface area contributed by atoms with E-state index in [0.29, 0.717) is 48.2 Å². The molecule has 4 rings (SSSR count). The normalized spacial score (nSPS) is 13.5. The SMILES string of the molecule is COc1cc(OC)c(C2=CCN(C(=O)c3cc(-c4ccccc4)on3)CC2)c(OC)c1. The van der Waals surface area contributed by atoms with Crippen LogP contribution in [0.2, 0.25) is 0 Å². The van der Waals surface area contributed by atoms with E-state index in [-0.39, 0.29) is 5.91 Å². The van der Waals surface area contributed by atoms with Crippen molar-refractivity contribution in [2.24, 2.45) is 0 Å². The Hall–Kier alpha value is -3.74. The van der Waals surface area contributed by atoms with Gasteiger partial charge in [-0.3, -0.25) is 4.79 Å². The van der Waals surface area contributed by atoms with Gasteiger partial charge in [0.25, 0.3) is 5.91 Å². The summed E-state index contributed by atoms with van der Waals surface area (Å²) in [6.07, 6.45) is 2.68. The first-order valence-electron chi connectivity index (χ1n) is 9.95. The lowest BCUT2D eigenvalue weighted by Gasteiger charge is -2.27. The van der Waals surface area contributed by atoms with Gasteiger partial charge < -0.3 is 23.6 Å². The summed E-state index contributed by atoms with van der Waals surface area (Å²) in [6.45, 7) is 1.01. The Morgan fingerprint density at radius 1 is 1.00 bits per heavy atom. The van der Waals surface area contributed by atoms with E-state index in [1.807, 2.05) is 48.5 Å². The highest BCUT2D eigenvalue weighted by Gasteiger charge is 2.25. The third-order valence-corrected chi connectivity index (χ3v) is 5.32. The van der Waals surface area contributed by atoms with Crippen LogP contribution in [0.5, 0.6) is 17.2 Å². The Morgan fingerprint density at radius 2 is 1.71 bits per heavy atom. The van der Waals surface area contributed by atoms with Crippen molar-refractivity contribution in [2.45, 2.75) is 6.42 Å².